The number of amides is 2. The number of benzene rings is 2. The summed E-state index contributed by atoms with van der Waals surface area (Å²) in [4.78, 5) is 31.3. The SMILES string of the molecule is COc1ccc(-c2nc(CC(=O)N3CCC(=O)Nc4ccccc43)cs2)cc1OC. The Bertz CT molecular complexity index is 1100. The van der Waals surface area contributed by atoms with E-state index in [1.807, 2.05) is 41.8 Å². The van der Waals surface area contributed by atoms with E-state index in [4.69, 9.17) is 9.47 Å². The fourth-order valence-corrected chi connectivity index (χ4v) is 4.18. The number of fused-ring (bicyclic) bond motifs is 1. The number of carbonyl (C=O) groups is 2. The van der Waals surface area contributed by atoms with Crippen LogP contribution in [-0.2, 0) is 16.0 Å². The van der Waals surface area contributed by atoms with Gasteiger partial charge in [-0.3, -0.25) is 9.59 Å². The van der Waals surface area contributed by atoms with Gasteiger partial charge in [-0.05, 0) is 30.3 Å². The molecular formula is C22H21N3O4S. The lowest BCUT2D eigenvalue weighted by molar-refractivity contribution is -0.118. The monoisotopic (exact) mass is 423 g/mol. The van der Waals surface area contributed by atoms with E-state index in [1.54, 1.807) is 25.2 Å². The number of methoxy groups -OCH3 is 2. The molecule has 2 amide bonds. The van der Waals surface area contributed by atoms with Gasteiger partial charge in [0.1, 0.15) is 5.01 Å². The van der Waals surface area contributed by atoms with Crippen molar-refractivity contribution in [2.75, 3.05) is 31.0 Å². The fourth-order valence-electron chi connectivity index (χ4n) is 3.36. The largest absolute Gasteiger partial charge is 0.493 e. The van der Waals surface area contributed by atoms with Crippen LogP contribution in [0.4, 0.5) is 11.4 Å². The summed E-state index contributed by atoms with van der Waals surface area (Å²) in [6, 6.07) is 12.9. The molecule has 0 aliphatic carbocycles. The van der Waals surface area contributed by atoms with Crippen LogP contribution in [0.3, 0.4) is 0 Å². The molecule has 2 heterocycles. The second-order valence-electron chi connectivity index (χ2n) is 6.75. The summed E-state index contributed by atoms with van der Waals surface area (Å²) >= 11 is 1.47. The number of hydrogen-bond donors (Lipinski definition) is 1. The molecule has 3 aromatic rings. The van der Waals surface area contributed by atoms with Gasteiger partial charge >= 0.3 is 0 Å². The van der Waals surface area contributed by atoms with Crippen molar-refractivity contribution < 1.29 is 19.1 Å². The van der Waals surface area contributed by atoms with Gasteiger partial charge in [0, 0.05) is 23.9 Å². The van der Waals surface area contributed by atoms with Crippen LogP contribution in [-0.4, -0.2) is 37.6 Å². The first-order valence-electron chi connectivity index (χ1n) is 9.45. The Morgan fingerprint density at radius 3 is 2.77 bits per heavy atom. The van der Waals surface area contributed by atoms with Crippen molar-refractivity contribution >= 4 is 34.5 Å². The van der Waals surface area contributed by atoms with Crippen molar-refractivity contribution in [3.05, 3.63) is 53.5 Å². The highest BCUT2D eigenvalue weighted by Crippen LogP contribution is 2.34. The number of anilines is 2. The van der Waals surface area contributed by atoms with Gasteiger partial charge < -0.3 is 19.7 Å². The van der Waals surface area contributed by atoms with E-state index in [2.05, 4.69) is 10.3 Å². The summed E-state index contributed by atoms with van der Waals surface area (Å²) in [5.41, 5.74) is 2.95. The van der Waals surface area contributed by atoms with Crippen molar-refractivity contribution in [3.8, 4) is 22.1 Å². The van der Waals surface area contributed by atoms with Crippen LogP contribution in [0.25, 0.3) is 10.6 Å². The highest BCUT2D eigenvalue weighted by atomic mass is 32.1. The zero-order chi connectivity index (χ0) is 21.1. The number of hydrogen-bond acceptors (Lipinski definition) is 6. The van der Waals surface area contributed by atoms with Crippen molar-refractivity contribution in [2.45, 2.75) is 12.8 Å². The van der Waals surface area contributed by atoms with Crippen molar-refractivity contribution in [1.29, 1.82) is 0 Å². The third-order valence-electron chi connectivity index (χ3n) is 4.85. The average molecular weight is 423 g/mol. The molecule has 4 rings (SSSR count). The minimum Gasteiger partial charge on any atom is -0.493 e. The molecule has 1 aromatic heterocycles. The first-order valence-corrected chi connectivity index (χ1v) is 10.3. The zero-order valence-corrected chi connectivity index (χ0v) is 17.5. The first kappa shape index (κ1) is 19.9. The summed E-state index contributed by atoms with van der Waals surface area (Å²) in [5.74, 6) is 1.09. The Hall–Kier alpha value is -3.39. The third-order valence-corrected chi connectivity index (χ3v) is 5.79. The molecule has 0 unspecified atom stereocenters. The van der Waals surface area contributed by atoms with Gasteiger partial charge in [0.05, 0.1) is 37.7 Å². The molecule has 8 heteroatoms. The quantitative estimate of drug-likeness (QED) is 0.676. The van der Waals surface area contributed by atoms with E-state index in [0.29, 0.717) is 35.1 Å². The van der Waals surface area contributed by atoms with Gasteiger partial charge in [-0.25, -0.2) is 4.98 Å². The van der Waals surface area contributed by atoms with Gasteiger partial charge in [-0.15, -0.1) is 11.3 Å². The molecule has 2 aromatic carbocycles. The fraction of sp³-hybridized carbons (Fsp3) is 0.227. The number of rotatable bonds is 5. The van der Waals surface area contributed by atoms with Gasteiger partial charge in [-0.2, -0.15) is 0 Å². The standard InChI is InChI=1S/C22H21N3O4S/c1-28-18-8-7-14(11-19(18)29-2)22-23-15(13-30-22)12-21(27)25-10-9-20(26)24-16-5-3-4-6-17(16)25/h3-8,11,13H,9-10,12H2,1-2H3,(H,24,26). The van der Waals surface area contributed by atoms with Crippen LogP contribution in [0.2, 0.25) is 0 Å². The zero-order valence-electron chi connectivity index (χ0n) is 16.7. The highest BCUT2D eigenvalue weighted by Gasteiger charge is 2.24. The second kappa shape index (κ2) is 8.54. The van der Waals surface area contributed by atoms with Gasteiger partial charge in [-0.1, -0.05) is 12.1 Å². The molecule has 1 aliphatic rings. The number of nitrogens with one attached hydrogen (secondary N) is 1. The van der Waals surface area contributed by atoms with Gasteiger partial charge in [0.2, 0.25) is 11.8 Å². The minimum atomic E-state index is -0.0952. The number of aromatic nitrogens is 1. The van der Waals surface area contributed by atoms with Crippen LogP contribution >= 0.6 is 11.3 Å². The van der Waals surface area contributed by atoms with E-state index < -0.39 is 0 Å². The smallest absolute Gasteiger partial charge is 0.233 e. The number of nitrogens with zero attached hydrogens (tertiary/aromatic N) is 2. The molecule has 0 saturated heterocycles. The molecule has 1 aliphatic heterocycles. The van der Waals surface area contributed by atoms with Gasteiger partial charge in [0.25, 0.3) is 0 Å². The molecule has 0 fully saturated rings. The summed E-state index contributed by atoms with van der Waals surface area (Å²) in [5, 5.41) is 5.53. The lowest BCUT2D eigenvalue weighted by Crippen LogP contribution is -2.33. The number of para-hydroxylation sites is 2. The maximum absolute atomic E-state index is 13.0. The molecule has 7 nitrogen and oxygen atoms in total. The van der Waals surface area contributed by atoms with E-state index in [-0.39, 0.29) is 24.7 Å². The van der Waals surface area contributed by atoms with Crippen molar-refractivity contribution in [2.24, 2.45) is 0 Å². The Labute approximate surface area is 178 Å². The van der Waals surface area contributed by atoms with E-state index in [9.17, 15) is 9.59 Å². The molecule has 0 atom stereocenters. The predicted octanol–water partition coefficient (Wildman–Crippen LogP) is 3.75. The maximum Gasteiger partial charge on any atom is 0.233 e. The normalized spacial score (nSPS) is 13.3. The molecule has 30 heavy (non-hydrogen) atoms. The van der Waals surface area contributed by atoms with E-state index in [1.165, 1.54) is 11.3 Å². The maximum atomic E-state index is 13.0. The highest BCUT2D eigenvalue weighted by molar-refractivity contribution is 7.13. The first-order chi connectivity index (χ1) is 14.6. The molecule has 1 N–H and O–H groups in total. The molecular weight excluding hydrogens is 402 g/mol. The van der Waals surface area contributed by atoms with Gasteiger partial charge in [0.15, 0.2) is 11.5 Å². The Kier molecular flexibility index (Phi) is 5.67. The molecule has 154 valence electrons. The topological polar surface area (TPSA) is 80.8 Å². The summed E-state index contributed by atoms with van der Waals surface area (Å²) in [7, 11) is 3.18. The lowest BCUT2D eigenvalue weighted by Gasteiger charge is -2.21. The van der Waals surface area contributed by atoms with Crippen LogP contribution in [0, 0.1) is 0 Å². The number of thiazole rings is 1. The minimum absolute atomic E-state index is 0.0943. The summed E-state index contributed by atoms with van der Waals surface area (Å²) in [6.07, 6.45) is 0.417. The predicted molar refractivity (Wildman–Crippen MR) is 116 cm³/mol. The Morgan fingerprint density at radius 2 is 1.97 bits per heavy atom. The van der Waals surface area contributed by atoms with Crippen LogP contribution < -0.4 is 19.7 Å². The molecule has 0 radical (unpaired) electrons. The lowest BCUT2D eigenvalue weighted by atomic mass is 10.2. The van der Waals surface area contributed by atoms with E-state index >= 15 is 0 Å². The number of ether oxygens (including phenoxy) is 2. The number of carbonyl (C=O) groups excluding carboxylic acids is 2. The molecule has 0 saturated carbocycles. The molecule has 0 spiro atoms. The third kappa shape index (κ3) is 3.99. The van der Waals surface area contributed by atoms with Crippen LogP contribution in [0.5, 0.6) is 11.5 Å². The summed E-state index contributed by atoms with van der Waals surface area (Å²) in [6.45, 7) is 0.342. The van der Waals surface area contributed by atoms with Crippen molar-refractivity contribution in [1.82, 2.24) is 4.98 Å². The summed E-state index contributed by atoms with van der Waals surface area (Å²) < 4.78 is 10.6. The average Bonchev–Trinajstić information content (AvgIpc) is 3.15. The van der Waals surface area contributed by atoms with Crippen molar-refractivity contribution in [3.63, 3.8) is 0 Å². The van der Waals surface area contributed by atoms with E-state index in [0.717, 1.165) is 10.6 Å². The Balaban J connectivity index is 1.54. The Morgan fingerprint density at radius 1 is 1.17 bits per heavy atom. The second-order valence-corrected chi connectivity index (χ2v) is 7.61. The van der Waals surface area contributed by atoms with Crippen LogP contribution in [0.15, 0.2) is 47.8 Å². The molecule has 0 bridgehead atoms. The van der Waals surface area contributed by atoms with Crippen LogP contribution in [0.1, 0.15) is 12.1 Å².